The summed E-state index contributed by atoms with van der Waals surface area (Å²) in [6, 6.07) is 3.22. The molecule has 0 saturated carbocycles. The number of aryl methyl sites for hydroxylation is 2. The third kappa shape index (κ3) is 4.08. The van der Waals surface area contributed by atoms with Crippen LogP contribution in [0.4, 0.5) is 4.79 Å². The lowest BCUT2D eigenvalue weighted by Crippen LogP contribution is -2.24. The van der Waals surface area contributed by atoms with Crippen molar-refractivity contribution in [3.8, 4) is 5.75 Å². The normalized spacial score (nSPS) is 10.6. The Morgan fingerprint density at radius 2 is 2.06 bits per heavy atom. The first kappa shape index (κ1) is 14.0. The van der Waals surface area contributed by atoms with E-state index in [0.717, 1.165) is 28.9 Å². The van der Waals surface area contributed by atoms with Crippen LogP contribution in [0.15, 0.2) is 17.2 Å². The predicted octanol–water partition coefficient (Wildman–Crippen LogP) is 2.09. The molecule has 0 radical (unpaired) electrons. The fraction of sp³-hybridized carbons (Fsp3) is 0.385. The first-order valence-electron chi connectivity index (χ1n) is 5.87. The summed E-state index contributed by atoms with van der Waals surface area (Å²) in [6.07, 6.45) is 2.53. The highest BCUT2D eigenvalue weighted by Crippen LogP contribution is 2.24. The number of rotatable bonds is 5. The standard InChI is InChI=1S/C13H19N3O2/c1-4-5-18-12-9(2)6-11(7-10(12)3)8-15-16-13(14)17/h6-8H,4-5H2,1-3H3,(H3,14,16,17). The van der Waals surface area contributed by atoms with Crippen LogP contribution in [-0.2, 0) is 0 Å². The Morgan fingerprint density at radius 1 is 1.44 bits per heavy atom. The minimum Gasteiger partial charge on any atom is -0.493 e. The summed E-state index contributed by atoms with van der Waals surface area (Å²) in [4.78, 5) is 10.5. The zero-order valence-electron chi connectivity index (χ0n) is 11.0. The van der Waals surface area contributed by atoms with Gasteiger partial charge in [0.25, 0.3) is 0 Å². The second-order valence-electron chi connectivity index (χ2n) is 4.07. The predicted molar refractivity (Wildman–Crippen MR) is 72.0 cm³/mol. The Hall–Kier alpha value is -2.04. The Balaban J connectivity index is 2.85. The molecule has 0 heterocycles. The van der Waals surface area contributed by atoms with E-state index in [1.165, 1.54) is 0 Å². The molecule has 0 aliphatic heterocycles. The molecule has 18 heavy (non-hydrogen) atoms. The number of carbonyl (C=O) groups excluding carboxylic acids is 1. The Kier molecular flexibility index (Phi) is 5.17. The van der Waals surface area contributed by atoms with E-state index in [2.05, 4.69) is 17.5 Å². The minimum absolute atomic E-state index is 0.678. The summed E-state index contributed by atoms with van der Waals surface area (Å²) >= 11 is 0. The van der Waals surface area contributed by atoms with Crippen LogP contribution >= 0.6 is 0 Å². The average Bonchev–Trinajstić information content (AvgIpc) is 2.27. The summed E-state index contributed by atoms with van der Waals surface area (Å²) in [6.45, 7) is 6.74. The number of carbonyl (C=O) groups is 1. The molecule has 0 aliphatic rings. The lowest BCUT2D eigenvalue weighted by atomic mass is 10.1. The van der Waals surface area contributed by atoms with E-state index in [0.29, 0.717) is 6.61 Å². The van der Waals surface area contributed by atoms with Crippen molar-refractivity contribution in [2.24, 2.45) is 10.8 Å². The van der Waals surface area contributed by atoms with Crippen molar-refractivity contribution in [3.63, 3.8) is 0 Å². The summed E-state index contributed by atoms with van der Waals surface area (Å²) in [5.41, 5.74) is 10.1. The van der Waals surface area contributed by atoms with Crippen LogP contribution < -0.4 is 15.9 Å². The van der Waals surface area contributed by atoms with Crippen LogP contribution in [0.2, 0.25) is 0 Å². The van der Waals surface area contributed by atoms with Crippen LogP contribution in [-0.4, -0.2) is 18.9 Å². The van der Waals surface area contributed by atoms with Crippen LogP contribution in [0.3, 0.4) is 0 Å². The number of ether oxygens (including phenoxy) is 1. The van der Waals surface area contributed by atoms with Gasteiger partial charge in [0, 0.05) is 0 Å². The van der Waals surface area contributed by atoms with E-state index < -0.39 is 6.03 Å². The zero-order valence-corrected chi connectivity index (χ0v) is 11.0. The number of primary amides is 1. The van der Waals surface area contributed by atoms with Gasteiger partial charge in [-0.15, -0.1) is 0 Å². The largest absolute Gasteiger partial charge is 0.493 e. The Bertz CT molecular complexity index is 433. The van der Waals surface area contributed by atoms with Gasteiger partial charge in [0.15, 0.2) is 0 Å². The molecule has 0 aromatic heterocycles. The van der Waals surface area contributed by atoms with Gasteiger partial charge in [0.05, 0.1) is 12.8 Å². The third-order valence-electron chi connectivity index (χ3n) is 2.32. The maximum absolute atomic E-state index is 10.5. The summed E-state index contributed by atoms with van der Waals surface area (Å²) < 4.78 is 5.68. The molecule has 98 valence electrons. The number of nitrogens with one attached hydrogen (secondary N) is 1. The van der Waals surface area contributed by atoms with Crippen molar-refractivity contribution < 1.29 is 9.53 Å². The van der Waals surface area contributed by atoms with E-state index in [-0.39, 0.29) is 0 Å². The van der Waals surface area contributed by atoms with Gasteiger partial charge in [-0.3, -0.25) is 0 Å². The average molecular weight is 249 g/mol. The molecule has 0 saturated heterocycles. The molecule has 1 rings (SSSR count). The van der Waals surface area contributed by atoms with Crippen molar-refractivity contribution in [2.45, 2.75) is 27.2 Å². The third-order valence-corrected chi connectivity index (χ3v) is 2.32. The lowest BCUT2D eigenvalue weighted by molar-refractivity contribution is 0.249. The molecule has 1 aromatic rings. The van der Waals surface area contributed by atoms with Crippen LogP contribution in [0, 0.1) is 13.8 Å². The number of benzene rings is 1. The molecule has 0 fully saturated rings. The van der Waals surface area contributed by atoms with Gasteiger partial charge in [0.1, 0.15) is 5.75 Å². The summed E-state index contributed by atoms with van der Waals surface area (Å²) in [5, 5.41) is 3.72. The fourth-order valence-electron chi connectivity index (χ4n) is 1.66. The van der Waals surface area contributed by atoms with Gasteiger partial charge in [-0.1, -0.05) is 6.92 Å². The monoisotopic (exact) mass is 249 g/mol. The number of hydrazone groups is 1. The molecule has 0 bridgehead atoms. The van der Waals surface area contributed by atoms with E-state index in [4.69, 9.17) is 10.5 Å². The summed E-state index contributed by atoms with van der Waals surface area (Å²) in [7, 11) is 0. The highest BCUT2D eigenvalue weighted by Gasteiger charge is 2.05. The topological polar surface area (TPSA) is 76.7 Å². The molecular weight excluding hydrogens is 230 g/mol. The zero-order chi connectivity index (χ0) is 13.5. The molecular formula is C13H19N3O2. The van der Waals surface area contributed by atoms with E-state index in [1.54, 1.807) is 6.21 Å². The SMILES string of the molecule is CCCOc1c(C)cc(C=NNC(N)=O)cc1C. The molecule has 1 aromatic carbocycles. The maximum atomic E-state index is 10.5. The Labute approximate surface area is 107 Å². The molecule has 0 unspecified atom stereocenters. The lowest BCUT2D eigenvalue weighted by Gasteiger charge is -2.12. The molecule has 0 atom stereocenters. The highest BCUT2D eigenvalue weighted by molar-refractivity contribution is 5.82. The van der Waals surface area contributed by atoms with Crippen molar-refractivity contribution >= 4 is 12.2 Å². The fourth-order valence-corrected chi connectivity index (χ4v) is 1.66. The molecule has 2 amide bonds. The van der Waals surface area contributed by atoms with E-state index >= 15 is 0 Å². The van der Waals surface area contributed by atoms with Gasteiger partial charge in [-0.2, -0.15) is 5.10 Å². The number of amides is 2. The van der Waals surface area contributed by atoms with Gasteiger partial charge in [-0.25, -0.2) is 10.2 Å². The minimum atomic E-state index is -0.678. The molecule has 5 heteroatoms. The van der Waals surface area contributed by atoms with E-state index in [1.807, 2.05) is 26.0 Å². The van der Waals surface area contributed by atoms with Crippen LogP contribution in [0.25, 0.3) is 0 Å². The van der Waals surface area contributed by atoms with Gasteiger partial charge in [0.2, 0.25) is 0 Å². The van der Waals surface area contributed by atoms with Crippen molar-refractivity contribution in [1.29, 1.82) is 0 Å². The molecule has 5 nitrogen and oxygen atoms in total. The number of urea groups is 1. The van der Waals surface area contributed by atoms with Crippen LogP contribution in [0.5, 0.6) is 5.75 Å². The summed E-state index contributed by atoms with van der Waals surface area (Å²) in [5.74, 6) is 0.914. The molecule has 0 aliphatic carbocycles. The van der Waals surface area contributed by atoms with Crippen molar-refractivity contribution in [3.05, 3.63) is 28.8 Å². The van der Waals surface area contributed by atoms with Gasteiger partial charge >= 0.3 is 6.03 Å². The number of nitrogens with zero attached hydrogens (tertiary/aromatic N) is 1. The second kappa shape index (κ2) is 6.64. The number of hydrogen-bond acceptors (Lipinski definition) is 3. The maximum Gasteiger partial charge on any atom is 0.332 e. The van der Waals surface area contributed by atoms with Gasteiger partial charge < -0.3 is 10.5 Å². The quantitative estimate of drug-likeness (QED) is 0.619. The smallest absolute Gasteiger partial charge is 0.332 e. The number of hydrogen-bond donors (Lipinski definition) is 2. The van der Waals surface area contributed by atoms with Crippen molar-refractivity contribution in [2.75, 3.05) is 6.61 Å². The van der Waals surface area contributed by atoms with Crippen molar-refractivity contribution in [1.82, 2.24) is 5.43 Å². The molecule has 3 N–H and O–H groups in total. The number of nitrogens with two attached hydrogens (primary N) is 1. The first-order chi connectivity index (χ1) is 8.54. The van der Waals surface area contributed by atoms with Crippen LogP contribution in [0.1, 0.15) is 30.0 Å². The first-order valence-corrected chi connectivity index (χ1v) is 5.87. The second-order valence-corrected chi connectivity index (χ2v) is 4.07. The molecule has 0 spiro atoms. The van der Waals surface area contributed by atoms with Gasteiger partial charge in [-0.05, 0) is 49.1 Å². The highest BCUT2D eigenvalue weighted by atomic mass is 16.5. The Morgan fingerprint density at radius 3 is 2.56 bits per heavy atom. The van der Waals surface area contributed by atoms with E-state index in [9.17, 15) is 4.79 Å².